The van der Waals surface area contributed by atoms with Gasteiger partial charge in [0.1, 0.15) is 41.3 Å². The predicted molar refractivity (Wildman–Crippen MR) is 119 cm³/mol. The zero-order chi connectivity index (χ0) is 23.5. The molecule has 5 atom stereocenters. The van der Waals surface area contributed by atoms with Crippen LogP contribution in [0.1, 0.15) is 13.0 Å². The third-order valence-electron chi connectivity index (χ3n) is 5.19. The van der Waals surface area contributed by atoms with E-state index in [9.17, 15) is 24.5 Å². The lowest BCUT2D eigenvalue weighted by Crippen LogP contribution is -2.55. The molecular formula is C22H23FN4O5S. The summed E-state index contributed by atoms with van der Waals surface area (Å²) in [6.07, 6.45) is -1.96. The molecule has 1 aliphatic heterocycles. The van der Waals surface area contributed by atoms with Crippen molar-refractivity contribution in [1.82, 2.24) is 15.0 Å². The predicted octanol–water partition coefficient (Wildman–Crippen LogP) is 1.81. The molecular weight excluding hydrogens is 451 g/mol. The smallest absolute Gasteiger partial charge is 0.221 e. The Morgan fingerprint density at radius 3 is 2.73 bits per heavy atom. The maximum Gasteiger partial charge on any atom is 0.221 e. The van der Waals surface area contributed by atoms with Crippen LogP contribution in [0.2, 0.25) is 0 Å². The van der Waals surface area contributed by atoms with Crippen LogP contribution >= 0.6 is 11.8 Å². The molecule has 1 fully saturated rings. The van der Waals surface area contributed by atoms with Gasteiger partial charge in [-0.15, -0.1) is 5.10 Å². The maximum absolute atomic E-state index is 13.6. The number of hydrogen-bond acceptors (Lipinski definition) is 8. The summed E-state index contributed by atoms with van der Waals surface area (Å²) in [5, 5.41) is 42.3. The summed E-state index contributed by atoms with van der Waals surface area (Å²) >= 11 is 1.18. The summed E-state index contributed by atoms with van der Waals surface area (Å²) in [4.78, 5) is 12.0. The molecule has 4 rings (SSSR count). The van der Waals surface area contributed by atoms with Crippen LogP contribution in [0.15, 0.2) is 59.6 Å². The fourth-order valence-electron chi connectivity index (χ4n) is 3.66. The van der Waals surface area contributed by atoms with Crippen molar-refractivity contribution in [2.24, 2.45) is 0 Å². The molecule has 0 aliphatic carbocycles. The number of halogens is 1. The number of benzene rings is 2. The van der Waals surface area contributed by atoms with E-state index in [4.69, 9.17) is 4.74 Å². The molecule has 33 heavy (non-hydrogen) atoms. The summed E-state index contributed by atoms with van der Waals surface area (Å²) in [5.41, 5.74) is 0.596. The van der Waals surface area contributed by atoms with E-state index >= 15 is 0 Å². The monoisotopic (exact) mass is 474 g/mol. The average Bonchev–Trinajstić information content (AvgIpc) is 3.25. The second-order valence-corrected chi connectivity index (χ2v) is 8.79. The average molecular weight is 475 g/mol. The number of carbonyl (C=O) groups is 1. The standard InChI is InChI=1S/C22H23FN4O5S/c1-12(29)24-15-6-3-7-16(9-15)33-22-21(31)19(20(30)18(11-28)32-22)27-10-17(25-26-27)13-4-2-5-14(23)8-13/h2-10,18-22,28,30-31H,11H2,1H3,(H,24,29)/t18?,19?,20-,21?,22-/m0/s1. The zero-order valence-corrected chi connectivity index (χ0v) is 18.4. The number of aromatic nitrogens is 3. The normalized spacial score (nSPS) is 25.1. The van der Waals surface area contributed by atoms with Crippen LogP contribution < -0.4 is 5.32 Å². The molecule has 1 aliphatic rings. The lowest BCUT2D eigenvalue weighted by molar-refractivity contribution is -0.178. The Kier molecular flexibility index (Phi) is 7.05. The number of aliphatic hydroxyl groups is 3. The van der Waals surface area contributed by atoms with Gasteiger partial charge in [-0.3, -0.25) is 4.79 Å². The first-order chi connectivity index (χ1) is 15.9. The third-order valence-corrected chi connectivity index (χ3v) is 6.34. The Hall–Kier alpha value is -2.83. The van der Waals surface area contributed by atoms with E-state index in [0.717, 1.165) is 0 Å². The maximum atomic E-state index is 13.6. The number of thioether (sulfide) groups is 1. The van der Waals surface area contributed by atoms with E-state index in [1.807, 2.05) is 0 Å². The molecule has 3 unspecified atom stereocenters. The van der Waals surface area contributed by atoms with E-state index in [0.29, 0.717) is 21.8 Å². The van der Waals surface area contributed by atoms with Crippen molar-refractivity contribution in [3.05, 3.63) is 60.5 Å². The minimum atomic E-state index is -1.27. The van der Waals surface area contributed by atoms with E-state index in [1.165, 1.54) is 41.7 Å². The highest BCUT2D eigenvalue weighted by Gasteiger charge is 2.46. The summed E-state index contributed by atoms with van der Waals surface area (Å²) in [5.74, 6) is -0.638. The molecule has 4 N–H and O–H groups in total. The molecule has 2 aromatic carbocycles. The van der Waals surface area contributed by atoms with Crippen molar-refractivity contribution in [2.75, 3.05) is 11.9 Å². The highest BCUT2D eigenvalue weighted by atomic mass is 32.2. The second kappa shape index (κ2) is 9.98. The molecule has 0 spiro atoms. The first kappa shape index (κ1) is 23.3. The van der Waals surface area contributed by atoms with Gasteiger partial charge in [-0.2, -0.15) is 0 Å². The van der Waals surface area contributed by atoms with Crippen molar-refractivity contribution >= 4 is 23.4 Å². The Bertz CT molecular complexity index is 1130. The molecule has 0 radical (unpaired) electrons. The van der Waals surface area contributed by atoms with E-state index < -0.39 is 42.2 Å². The van der Waals surface area contributed by atoms with Gasteiger partial charge >= 0.3 is 0 Å². The summed E-state index contributed by atoms with van der Waals surface area (Å²) < 4.78 is 20.7. The van der Waals surface area contributed by atoms with Crippen molar-refractivity contribution in [3.63, 3.8) is 0 Å². The van der Waals surface area contributed by atoms with Gasteiger partial charge in [0.15, 0.2) is 0 Å². The van der Waals surface area contributed by atoms with Crippen LogP contribution in [0, 0.1) is 5.82 Å². The van der Waals surface area contributed by atoms with Crippen LogP contribution in [-0.4, -0.2) is 66.6 Å². The zero-order valence-electron chi connectivity index (χ0n) is 17.6. The third kappa shape index (κ3) is 5.23. The largest absolute Gasteiger partial charge is 0.394 e. The van der Waals surface area contributed by atoms with Gasteiger partial charge in [0.25, 0.3) is 0 Å². The molecule has 9 nitrogen and oxygen atoms in total. The van der Waals surface area contributed by atoms with Gasteiger partial charge in [-0.25, -0.2) is 9.07 Å². The summed E-state index contributed by atoms with van der Waals surface area (Å²) in [6.45, 7) is 0.931. The minimum Gasteiger partial charge on any atom is -0.394 e. The Balaban J connectivity index is 1.59. The van der Waals surface area contributed by atoms with Gasteiger partial charge in [0.2, 0.25) is 5.91 Å². The number of nitrogens with zero attached hydrogens (tertiary/aromatic N) is 3. The van der Waals surface area contributed by atoms with E-state index in [-0.39, 0.29) is 5.91 Å². The molecule has 174 valence electrons. The number of hydrogen-bond donors (Lipinski definition) is 4. The Morgan fingerprint density at radius 1 is 1.21 bits per heavy atom. The van der Waals surface area contributed by atoms with Gasteiger partial charge in [0.05, 0.1) is 12.8 Å². The number of nitrogens with one attached hydrogen (secondary N) is 1. The molecule has 1 amide bonds. The first-order valence-corrected chi connectivity index (χ1v) is 11.1. The fraction of sp³-hybridized carbons (Fsp3) is 0.318. The molecule has 3 aromatic rings. The fourth-order valence-corrected chi connectivity index (χ4v) is 4.78. The topological polar surface area (TPSA) is 130 Å². The van der Waals surface area contributed by atoms with Crippen LogP contribution in [-0.2, 0) is 9.53 Å². The lowest BCUT2D eigenvalue weighted by atomic mass is 9.97. The number of rotatable bonds is 6. The lowest BCUT2D eigenvalue weighted by Gasteiger charge is -2.41. The minimum absolute atomic E-state index is 0.213. The van der Waals surface area contributed by atoms with Crippen LogP contribution in [0.5, 0.6) is 0 Å². The van der Waals surface area contributed by atoms with Gasteiger partial charge in [0, 0.05) is 23.1 Å². The van der Waals surface area contributed by atoms with Gasteiger partial charge < -0.3 is 25.4 Å². The summed E-state index contributed by atoms with van der Waals surface area (Å²) in [7, 11) is 0. The highest BCUT2D eigenvalue weighted by Crippen LogP contribution is 2.38. The number of carbonyl (C=O) groups excluding carboxylic acids is 1. The number of aliphatic hydroxyl groups excluding tert-OH is 3. The Morgan fingerprint density at radius 2 is 2.00 bits per heavy atom. The number of ether oxygens (including phenoxy) is 1. The molecule has 11 heteroatoms. The van der Waals surface area contributed by atoms with Crippen molar-refractivity contribution in [1.29, 1.82) is 0 Å². The quantitative estimate of drug-likeness (QED) is 0.426. The SMILES string of the molecule is CC(=O)Nc1cccc(S[C@@H]2OC(CO)[C@H](O)C(n3cc(-c4cccc(F)c4)nn3)C2O)c1. The van der Waals surface area contributed by atoms with Crippen LogP contribution in [0.25, 0.3) is 11.3 Å². The van der Waals surface area contributed by atoms with E-state index in [2.05, 4.69) is 15.6 Å². The highest BCUT2D eigenvalue weighted by molar-refractivity contribution is 7.99. The van der Waals surface area contributed by atoms with Crippen molar-refractivity contribution < 1.29 is 29.2 Å². The van der Waals surface area contributed by atoms with Gasteiger partial charge in [-0.1, -0.05) is 35.2 Å². The van der Waals surface area contributed by atoms with Gasteiger partial charge in [-0.05, 0) is 30.3 Å². The second-order valence-electron chi connectivity index (χ2n) is 7.62. The summed E-state index contributed by atoms with van der Waals surface area (Å²) in [6, 6.07) is 11.9. The van der Waals surface area contributed by atoms with Crippen molar-refractivity contribution in [3.8, 4) is 11.3 Å². The molecule has 1 aromatic heterocycles. The molecule has 2 heterocycles. The number of amides is 1. The molecule has 1 saturated heterocycles. The van der Waals surface area contributed by atoms with Crippen LogP contribution in [0.4, 0.5) is 10.1 Å². The molecule has 0 saturated carbocycles. The van der Waals surface area contributed by atoms with Crippen LogP contribution in [0.3, 0.4) is 0 Å². The molecule has 0 bridgehead atoms. The van der Waals surface area contributed by atoms with Crippen molar-refractivity contribution in [2.45, 2.75) is 41.6 Å². The van der Waals surface area contributed by atoms with E-state index in [1.54, 1.807) is 36.4 Å². The number of anilines is 1. The Labute approximate surface area is 193 Å². The first-order valence-electron chi connectivity index (χ1n) is 10.2.